The molecule has 0 unspecified atom stereocenters. The van der Waals surface area contributed by atoms with Crippen LogP contribution >= 0.6 is 0 Å². The SMILES string of the molecule is CCCc1nc2ccccc2[se]1. The number of aryl methyl sites for hydroxylation is 1. The Morgan fingerprint density at radius 2 is 2.17 bits per heavy atom. The number of fused-ring (bicyclic) bond motifs is 1. The van der Waals surface area contributed by atoms with Crippen molar-refractivity contribution in [2.75, 3.05) is 0 Å². The number of aromatic nitrogens is 1. The molecule has 2 rings (SSSR count). The fraction of sp³-hybridized carbons (Fsp3) is 0.300. The zero-order valence-corrected chi connectivity index (χ0v) is 8.79. The molecule has 0 N–H and O–H groups in total. The first-order valence-corrected chi connectivity index (χ1v) is 5.96. The molecule has 2 aromatic rings. The van der Waals surface area contributed by atoms with Crippen molar-refractivity contribution in [3.8, 4) is 0 Å². The molecule has 0 bridgehead atoms. The molecule has 62 valence electrons. The second-order valence-corrected chi connectivity index (χ2v) is 5.17. The Labute approximate surface area is 78.2 Å². The van der Waals surface area contributed by atoms with Gasteiger partial charge < -0.3 is 0 Å². The topological polar surface area (TPSA) is 12.9 Å². The van der Waals surface area contributed by atoms with Crippen molar-refractivity contribution >= 4 is 24.3 Å². The fourth-order valence-corrected chi connectivity index (χ4v) is 3.48. The van der Waals surface area contributed by atoms with Crippen LogP contribution in [0.2, 0.25) is 0 Å². The first-order chi connectivity index (χ1) is 5.90. The van der Waals surface area contributed by atoms with Gasteiger partial charge in [-0.05, 0) is 0 Å². The fourth-order valence-electron chi connectivity index (χ4n) is 1.24. The van der Waals surface area contributed by atoms with Gasteiger partial charge in [0, 0.05) is 0 Å². The maximum absolute atomic E-state index is 4.59. The van der Waals surface area contributed by atoms with E-state index in [0.29, 0.717) is 14.5 Å². The van der Waals surface area contributed by atoms with Gasteiger partial charge >= 0.3 is 77.9 Å². The Bertz CT molecular complexity index is 345. The third-order valence-electron chi connectivity index (χ3n) is 1.80. The summed E-state index contributed by atoms with van der Waals surface area (Å²) in [4.78, 5) is 4.59. The van der Waals surface area contributed by atoms with Crippen LogP contribution in [0.1, 0.15) is 17.9 Å². The van der Waals surface area contributed by atoms with E-state index < -0.39 is 0 Å². The molecule has 1 aromatic heterocycles. The minimum absolute atomic E-state index is 0.520. The van der Waals surface area contributed by atoms with Crippen molar-refractivity contribution < 1.29 is 0 Å². The molecule has 0 atom stereocenters. The number of rotatable bonds is 2. The molecule has 0 aliphatic rings. The normalized spacial score (nSPS) is 10.8. The summed E-state index contributed by atoms with van der Waals surface area (Å²) in [5.74, 6) is 0. The van der Waals surface area contributed by atoms with E-state index in [-0.39, 0.29) is 0 Å². The molecule has 0 radical (unpaired) electrons. The number of hydrogen-bond acceptors (Lipinski definition) is 1. The van der Waals surface area contributed by atoms with E-state index in [2.05, 4.69) is 36.2 Å². The molecule has 1 heterocycles. The van der Waals surface area contributed by atoms with Crippen molar-refractivity contribution in [2.24, 2.45) is 0 Å². The molecule has 0 saturated carbocycles. The van der Waals surface area contributed by atoms with Crippen molar-refractivity contribution in [3.05, 3.63) is 28.8 Å². The van der Waals surface area contributed by atoms with Crippen LogP contribution < -0.4 is 0 Å². The number of benzene rings is 1. The number of para-hydroxylation sites is 1. The monoisotopic (exact) mass is 225 g/mol. The quantitative estimate of drug-likeness (QED) is 0.713. The predicted octanol–water partition coefficient (Wildman–Crippen LogP) is 2.24. The Kier molecular flexibility index (Phi) is 2.29. The molecule has 1 nitrogen and oxygen atoms in total. The molecular weight excluding hydrogens is 213 g/mol. The summed E-state index contributed by atoms with van der Waals surface area (Å²) in [6.45, 7) is 2.21. The second kappa shape index (κ2) is 3.42. The average molecular weight is 224 g/mol. The van der Waals surface area contributed by atoms with Crippen molar-refractivity contribution in [3.63, 3.8) is 0 Å². The molecule has 0 aliphatic carbocycles. The Morgan fingerprint density at radius 1 is 1.33 bits per heavy atom. The van der Waals surface area contributed by atoms with Crippen molar-refractivity contribution in [1.82, 2.24) is 4.98 Å². The molecule has 0 fully saturated rings. The minimum atomic E-state index is 0.520. The van der Waals surface area contributed by atoms with E-state index in [1.165, 1.54) is 27.2 Å². The van der Waals surface area contributed by atoms with Crippen LogP contribution in [-0.2, 0) is 6.42 Å². The maximum atomic E-state index is 4.59. The Hall–Kier alpha value is -0.591. The van der Waals surface area contributed by atoms with Gasteiger partial charge in [-0.1, -0.05) is 0 Å². The number of hydrogen-bond donors (Lipinski definition) is 0. The van der Waals surface area contributed by atoms with Gasteiger partial charge in [-0.2, -0.15) is 0 Å². The van der Waals surface area contributed by atoms with Crippen molar-refractivity contribution in [2.45, 2.75) is 19.8 Å². The summed E-state index contributed by atoms with van der Waals surface area (Å²) in [6, 6.07) is 8.47. The van der Waals surface area contributed by atoms with E-state index in [9.17, 15) is 0 Å². The molecule has 2 heteroatoms. The summed E-state index contributed by atoms with van der Waals surface area (Å²) in [7, 11) is 0. The van der Waals surface area contributed by atoms with E-state index in [0.717, 1.165) is 0 Å². The van der Waals surface area contributed by atoms with Gasteiger partial charge in [-0.15, -0.1) is 0 Å². The van der Waals surface area contributed by atoms with Crippen LogP contribution in [0.15, 0.2) is 24.3 Å². The van der Waals surface area contributed by atoms with Crippen LogP contribution in [0.25, 0.3) is 9.78 Å². The average Bonchev–Trinajstić information content (AvgIpc) is 2.47. The molecule has 12 heavy (non-hydrogen) atoms. The zero-order valence-electron chi connectivity index (χ0n) is 7.08. The van der Waals surface area contributed by atoms with Gasteiger partial charge in [-0.3, -0.25) is 0 Å². The van der Waals surface area contributed by atoms with Gasteiger partial charge in [0.05, 0.1) is 0 Å². The Balaban J connectivity index is 2.47. The molecule has 1 aromatic carbocycles. The number of nitrogens with zero attached hydrogens (tertiary/aromatic N) is 1. The third-order valence-corrected chi connectivity index (χ3v) is 4.10. The standard InChI is InChI=1S/C10H11NSe/c1-2-5-10-11-8-6-3-4-7-9(8)12-10/h3-4,6-7H,2,5H2,1H3. The van der Waals surface area contributed by atoms with Gasteiger partial charge in [0.2, 0.25) is 0 Å². The molecule has 0 saturated heterocycles. The van der Waals surface area contributed by atoms with Crippen LogP contribution in [-0.4, -0.2) is 19.5 Å². The molecule has 0 aliphatic heterocycles. The van der Waals surface area contributed by atoms with E-state index >= 15 is 0 Å². The van der Waals surface area contributed by atoms with E-state index in [4.69, 9.17) is 0 Å². The van der Waals surface area contributed by atoms with Crippen LogP contribution in [0.3, 0.4) is 0 Å². The predicted molar refractivity (Wildman–Crippen MR) is 52.7 cm³/mol. The van der Waals surface area contributed by atoms with Gasteiger partial charge in [0.1, 0.15) is 0 Å². The van der Waals surface area contributed by atoms with Crippen LogP contribution in [0.4, 0.5) is 0 Å². The third kappa shape index (κ3) is 1.45. The van der Waals surface area contributed by atoms with Gasteiger partial charge in [-0.25, -0.2) is 0 Å². The van der Waals surface area contributed by atoms with Crippen LogP contribution in [0, 0.1) is 0 Å². The molecule has 0 amide bonds. The van der Waals surface area contributed by atoms with Gasteiger partial charge in [0.15, 0.2) is 0 Å². The van der Waals surface area contributed by atoms with Gasteiger partial charge in [0.25, 0.3) is 0 Å². The van der Waals surface area contributed by atoms with E-state index in [1.807, 2.05) is 0 Å². The first kappa shape index (κ1) is 8.03. The summed E-state index contributed by atoms with van der Waals surface area (Å²) >= 11 is 0.520. The Morgan fingerprint density at radius 3 is 2.92 bits per heavy atom. The summed E-state index contributed by atoms with van der Waals surface area (Å²) in [5.41, 5.74) is 1.21. The molecule has 0 spiro atoms. The second-order valence-electron chi connectivity index (χ2n) is 2.83. The zero-order chi connectivity index (χ0) is 8.39. The first-order valence-electron chi connectivity index (χ1n) is 4.24. The summed E-state index contributed by atoms with van der Waals surface area (Å²) in [5, 5.41) is 0. The summed E-state index contributed by atoms with van der Waals surface area (Å²) < 4.78 is 2.86. The molecular formula is C10H11NSe. The summed E-state index contributed by atoms with van der Waals surface area (Å²) in [6.07, 6.45) is 2.39. The van der Waals surface area contributed by atoms with Crippen molar-refractivity contribution in [1.29, 1.82) is 0 Å². The van der Waals surface area contributed by atoms with Crippen LogP contribution in [0.5, 0.6) is 0 Å². The van der Waals surface area contributed by atoms with E-state index in [1.54, 1.807) is 0 Å².